The van der Waals surface area contributed by atoms with Gasteiger partial charge in [-0.1, -0.05) is 0 Å². The molecule has 5 heteroatoms. The number of aromatic nitrogens is 2. The molecular weight excluding hydrogens is 356 g/mol. The molecule has 0 saturated carbocycles. The molecule has 0 aliphatic heterocycles. The summed E-state index contributed by atoms with van der Waals surface area (Å²) in [5, 5.41) is 2.94. The Morgan fingerprint density at radius 3 is 2.70 bits per heavy atom. The highest BCUT2D eigenvalue weighted by Crippen LogP contribution is 2.12. The summed E-state index contributed by atoms with van der Waals surface area (Å²) in [5.74, 6) is 0.834. The van der Waals surface area contributed by atoms with E-state index in [9.17, 15) is 0 Å². The number of hydrogen-bond acceptors (Lipinski definition) is 3. The van der Waals surface area contributed by atoms with Crippen LogP contribution in [0.1, 0.15) is 0 Å². The fourth-order valence-electron chi connectivity index (χ4n) is 0.514. The molecular formula is C5H5I2N3. The molecule has 0 atom stereocenters. The van der Waals surface area contributed by atoms with Crippen LogP contribution >= 0.6 is 45.2 Å². The van der Waals surface area contributed by atoms with Gasteiger partial charge in [-0.25, -0.2) is 9.97 Å². The standard InChI is InChI=1S/C5H5I2N3/c1-8-5-4(7)10-3(6)2-9-5/h2H,1H3,(H,8,9). The van der Waals surface area contributed by atoms with E-state index in [1.807, 2.05) is 7.05 Å². The first-order chi connectivity index (χ1) is 4.74. The number of halogens is 2. The largest absolute Gasteiger partial charge is 0.371 e. The summed E-state index contributed by atoms with van der Waals surface area (Å²) >= 11 is 4.28. The van der Waals surface area contributed by atoms with Crippen LogP contribution in [0.3, 0.4) is 0 Å². The van der Waals surface area contributed by atoms with Gasteiger partial charge in [0.25, 0.3) is 0 Å². The van der Waals surface area contributed by atoms with Crippen LogP contribution in [0.25, 0.3) is 0 Å². The van der Waals surface area contributed by atoms with Crippen molar-refractivity contribution in [3.63, 3.8) is 0 Å². The Labute approximate surface area is 86.3 Å². The first-order valence-electron chi connectivity index (χ1n) is 2.60. The molecule has 0 aliphatic rings. The van der Waals surface area contributed by atoms with Gasteiger partial charge in [-0.05, 0) is 45.2 Å². The number of hydrogen-bond donors (Lipinski definition) is 1. The lowest BCUT2D eigenvalue weighted by Crippen LogP contribution is -1.98. The first kappa shape index (κ1) is 8.44. The van der Waals surface area contributed by atoms with Gasteiger partial charge in [0, 0.05) is 7.05 Å². The van der Waals surface area contributed by atoms with Crippen LogP contribution in [0, 0.1) is 7.40 Å². The smallest absolute Gasteiger partial charge is 0.158 e. The minimum atomic E-state index is 0.834. The highest BCUT2D eigenvalue weighted by atomic mass is 127. The molecule has 1 N–H and O–H groups in total. The van der Waals surface area contributed by atoms with Crippen LogP contribution in [0.2, 0.25) is 0 Å². The van der Waals surface area contributed by atoms with E-state index in [1.54, 1.807) is 6.20 Å². The van der Waals surface area contributed by atoms with Crippen LogP contribution in [0.15, 0.2) is 6.20 Å². The number of nitrogens with one attached hydrogen (secondary N) is 1. The second-order valence-corrected chi connectivity index (χ2v) is 3.71. The molecule has 0 saturated heterocycles. The Bertz CT molecular complexity index is 238. The molecule has 0 amide bonds. The molecule has 0 fully saturated rings. The quantitative estimate of drug-likeness (QED) is 0.775. The second kappa shape index (κ2) is 3.65. The van der Waals surface area contributed by atoms with Crippen LogP contribution in [0.4, 0.5) is 5.82 Å². The molecule has 10 heavy (non-hydrogen) atoms. The summed E-state index contributed by atoms with van der Waals surface area (Å²) in [6.45, 7) is 0. The third kappa shape index (κ3) is 1.91. The Morgan fingerprint density at radius 1 is 1.50 bits per heavy atom. The van der Waals surface area contributed by atoms with E-state index in [-0.39, 0.29) is 0 Å². The Hall–Kier alpha value is 0.340. The zero-order valence-corrected chi connectivity index (χ0v) is 9.54. The van der Waals surface area contributed by atoms with Crippen molar-refractivity contribution in [1.82, 2.24) is 9.97 Å². The van der Waals surface area contributed by atoms with Gasteiger partial charge in [0.05, 0.1) is 6.20 Å². The van der Waals surface area contributed by atoms with Gasteiger partial charge < -0.3 is 5.32 Å². The van der Waals surface area contributed by atoms with E-state index in [2.05, 4.69) is 60.5 Å². The average molecular weight is 361 g/mol. The predicted octanol–water partition coefficient (Wildman–Crippen LogP) is 1.73. The van der Waals surface area contributed by atoms with Crippen molar-refractivity contribution in [3.8, 4) is 0 Å². The molecule has 1 heterocycles. The van der Waals surface area contributed by atoms with Crippen LogP contribution < -0.4 is 5.32 Å². The first-order valence-corrected chi connectivity index (χ1v) is 4.75. The minimum absolute atomic E-state index is 0.834. The van der Waals surface area contributed by atoms with E-state index in [4.69, 9.17) is 0 Å². The van der Waals surface area contributed by atoms with Gasteiger partial charge >= 0.3 is 0 Å². The van der Waals surface area contributed by atoms with E-state index >= 15 is 0 Å². The monoisotopic (exact) mass is 361 g/mol. The lowest BCUT2D eigenvalue weighted by molar-refractivity contribution is 1.12. The third-order valence-corrected chi connectivity index (χ3v) is 2.21. The second-order valence-electron chi connectivity index (χ2n) is 1.58. The van der Waals surface area contributed by atoms with Gasteiger partial charge in [-0.15, -0.1) is 0 Å². The van der Waals surface area contributed by atoms with Crippen molar-refractivity contribution in [2.75, 3.05) is 12.4 Å². The zero-order valence-electron chi connectivity index (χ0n) is 5.23. The number of anilines is 1. The summed E-state index contributed by atoms with van der Waals surface area (Å²) < 4.78 is 1.83. The maximum atomic E-state index is 4.19. The lowest BCUT2D eigenvalue weighted by Gasteiger charge is -1.99. The maximum absolute atomic E-state index is 4.19. The molecule has 0 radical (unpaired) electrons. The predicted molar refractivity (Wildman–Crippen MR) is 57.0 cm³/mol. The third-order valence-electron chi connectivity index (χ3n) is 0.937. The summed E-state index contributed by atoms with van der Waals surface area (Å²) in [6.07, 6.45) is 1.73. The normalized spacial score (nSPS) is 9.50. The molecule has 0 aromatic carbocycles. The van der Waals surface area contributed by atoms with Gasteiger partial charge in [-0.3, -0.25) is 0 Å². The molecule has 1 aromatic heterocycles. The maximum Gasteiger partial charge on any atom is 0.158 e. The Kier molecular flexibility index (Phi) is 3.08. The van der Waals surface area contributed by atoms with Gasteiger partial charge in [-0.2, -0.15) is 0 Å². The molecule has 0 unspecified atom stereocenters. The van der Waals surface area contributed by atoms with E-state index < -0.39 is 0 Å². The van der Waals surface area contributed by atoms with E-state index in [0.717, 1.165) is 13.2 Å². The number of nitrogens with zero attached hydrogens (tertiary/aromatic N) is 2. The van der Waals surface area contributed by atoms with Crippen LogP contribution in [-0.4, -0.2) is 17.0 Å². The molecule has 1 aromatic rings. The molecule has 0 bridgehead atoms. The topological polar surface area (TPSA) is 37.8 Å². The highest BCUT2D eigenvalue weighted by Gasteiger charge is 1.98. The minimum Gasteiger partial charge on any atom is -0.371 e. The van der Waals surface area contributed by atoms with E-state index in [1.165, 1.54) is 0 Å². The highest BCUT2D eigenvalue weighted by molar-refractivity contribution is 14.1. The summed E-state index contributed by atoms with van der Waals surface area (Å²) in [6, 6.07) is 0. The van der Waals surface area contributed by atoms with Gasteiger partial charge in [0.2, 0.25) is 0 Å². The van der Waals surface area contributed by atoms with Crippen molar-refractivity contribution >= 4 is 51.0 Å². The number of rotatable bonds is 1. The van der Waals surface area contributed by atoms with Crippen LogP contribution in [-0.2, 0) is 0 Å². The molecule has 0 aliphatic carbocycles. The van der Waals surface area contributed by atoms with Crippen molar-refractivity contribution in [1.29, 1.82) is 0 Å². The van der Waals surface area contributed by atoms with Gasteiger partial charge in [0.15, 0.2) is 5.82 Å². The lowest BCUT2D eigenvalue weighted by atomic mass is 10.7. The Morgan fingerprint density at radius 2 is 2.20 bits per heavy atom. The SMILES string of the molecule is CNc1ncc(I)nc1I. The van der Waals surface area contributed by atoms with Crippen molar-refractivity contribution in [3.05, 3.63) is 13.6 Å². The fourth-order valence-corrected chi connectivity index (χ4v) is 2.03. The molecule has 0 spiro atoms. The summed E-state index contributed by atoms with van der Waals surface area (Å²) in [5.41, 5.74) is 0. The Balaban J connectivity index is 3.07. The molecule has 1 rings (SSSR count). The van der Waals surface area contributed by atoms with Gasteiger partial charge in [0.1, 0.15) is 7.40 Å². The summed E-state index contributed by atoms with van der Waals surface area (Å²) in [7, 11) is 1.83. The van der Waals surface area contributed by atoms with Crippen molar-refractivity contribution < 1.29 is 0 Å². The van der Waals surface area contributed by atoms with Crippen LogP contribution in [0.5, 0.6) is 0 Å². The fraction of sp³-hybridized carbons (Fsp3) is 0.200. The molecule has 3 nitrogen and oxygen atoms in total. The van der Waals surface area contributed by atoms with Crippen molar-refractivity contribution in [2.24, 2.45) is 0 Å². The summed E-state index contributed by atoms with van der Waals surface area (Å²) in [4.78, 5) is 8.30. The zero-order chi connectivity index (χ0) is 7.56. The molecule has 54 valence electrons. The van der Waals surface area contributed by atoms with E-state index in [0.29, 0.717) is 0 Å². The van der Waals surface area contributed by atoms with Crippen molar-refractivity contribution in [2.45, 2.75) is 0 Å². The average Bonchev–Trinajstić information content (AvgIpc) is 1.88.